The van der Waals surface area contributed by atoms with Crippen molar-refractivity contribution in [3.63, 3.8) is 0 Å². The lowest BCUT2D eigenvalue weighted by Crippen LogP contribution is -2.32. The summed E-state index contributed by atoms with van der Waals surface area (Å²) in [4.78, 5) is 0. The largest absolute Gasteiger partial charge is 0.496 e. The van der Waals surface area contributed by atoms with Crippen LogP contribution in [0.1, 0.15) is 23.6 Å². The Morgan fingerprint density at radius 2 is 2.06 bits per heavy atom. The maximum absolute atomic E-state index is 5.69. The molecule has 1 rings (SSSR count). The van der Waals surface area contributed by atoms with Crippen LogP contribution in [0.4, 0.5) is 0 Å². The highest BCUT2D eigenvalue weighted by Crippen LogP contribution is 2.24. The maximum atomic E-state index is 5.69. The van der Waals surface area contributed by atoms with E-state index < -0.39 is 0 Å². The highest BCUT2D eigenvalue weighted by Gasteiger charge is 2.07. The molecule has 0 bridgehead atoms. The summed E-state index contributed by atoms with van der Waals surface area (Å²) in [6.07, 6.45) is 0.974. The van der Waals surface area contributed by atoms with E-state index in [1.807, 2.05) is 6.92 Å². The summed E-state index contributed by atoms with van der Waals surface area (Å²) in [6, 6.07) is 4.49. The Morgan fingerprint density at radius 1 is 1.35 bits per heavy atom. The van der Waals surface area contributed by atoms with Gasteiger partial charge in [0.1, 0.15) is 5.75 Å². The van der Waals surface area contributed by atoms with Crippen LogP contribution in [-0.2, 0) is 6.42 Å². The van der Waals surface area contributed by atoms with Gasteiger partial charge >= 0.3 is 0 Å². The molecule has 1 unspecified atom stereocenters. The molecule has 0 heterocycles. The van der Waals surface area contributed by atoms with E-state index in [0.717, 1.165) is 25.3 Å². The minimum atomic E-state index is 0.205. The van der Waals surface area contributed by atoms with Crippen molar-refractivity contribution in [1.82, 2.24) is 5.32 Å². The van der Waals surface area contributed by atoms with Gasteiger partial charge in [0.05, 0.1) is 7.11 Å². The van der Waals surface area contributed by atoms with Gasteiger partial charge in [-0.05, 0) is 56.5 Å². The molecule has 0 spiro atoms. The molecule has 17 heavy (non-hydrogen) atoms. The van der Waals surface area contributed by atoms with Gasteiger partial charge in [-0.25, -0.2) is 0 Å². The van der Waals surface area contributed by atoms with Crippen LogP contribution in [-0.4, -0.2) is 26.2 Å². The van der Waals surface area contributed by atoms with Gasteiger partial charge in [0, 0.05) is 12.6 Å². The molecule has 0 aromatic heterocycles. The first-order valence-corrected chi connectivity index (χ1v) is 6.15. The number of aryl methyl sites for hydroxylation is 2. The van der Waals surface area contributed by atoms with Crippen molar-refractivity contribution in [2.75, 3.05) is 20.2 Å². The van der Waals surface area contributed by atoms with Gasteiger partial charge in [0.25, 0.3) is 0 Å². The Balaban J connectivity index is 2.63. The van der Waals surface area contributed by atoms with Crippen molar-refractivity contribution in [3.8, 4) is 5.75 Å². The number of benzene rings is 1. The number of hydrogen-bond acceptors (Lipinski definition) is 3. The Morgan fingerprint density at radius 3 is 2.65 bits per heavy atom. The van der Waals surface area contributed by atoms with Gasteiger partial charge < -0.3 is 15.8 Å². The Bertz CT molecular complexity index is 361. The molecule has 0 amide bonds. The van der Waals surface area contributed by atoms with E-state index in [1.54, 1.807) is 7.11 Å². The second kappa shape index (κ2) is 6.62. The van der Waals surface area contributed by atoms with Crippen molar-refractivity contribution >= 4 is 0 Å². The van der Waals surface area contributed by atoms with E-state index in [-0.39, 0.29) is 6.04 Å². The van der Waals surface area contributed by atoms with Crippen LogP contribution in [0, 0.1) is 13.8 Å². The topological polar surface area (TPSA) is 47.3 Å². The predicted molar refractivity (Wildman–Crippen MR) is 72.7 cm³/mol. The summed E-state index contributed by atoms with van der Waals surface area (Å²) in [5.74, 6) is 0.991. The first-order valence-electron chi connectivity index (χ1n) is 6.15. The van der Waals surface area contributed by atoms with Crippen molar-refractivity contribution in [2.24, 2.45) is 5.73 Å². The zero-order valence-corrected chi connectivity index (χ0v) is 11.3. The molecule has 0 saturated heterocycles. The van der Waals surface area contributed by atoms with Gasteiger partial charge in [-0.2, -0.15) is 0 Å². The van der Waals surface area contributed by atoms with Crippen molar-refractivity contribution in [1.29, 1.82) is 0 Å². The summed E-state index contributed by atoms with van der Waals surface area (Å²) in [5, 5.41) is 3.35. The standard InChI is InChI=1S/C14H24N2O/c1-10-7-11(2)13(14(8-10)17-4)5-6-16-9-12(3)15/h7-8,12,16H,5-6,9,15H2,1-4H3. The number of hydrogen-bond donors (Lipinski definition) is 2. The summed E-state index contributed by atoms with van der Waals surface area (Å²) in [7, 11) is 1.73. The van der Waals surface area contributed by atoms with Crippen LogP contribution in [0.15, 0.2) is 12.1 Å². The molecule has 0 radical (unpaired) electrons. The molecule has 3 nitrogen and oxygen atoms in total. The molecular weight excluding hydrogens is 212 g/mol. The monoisotopic (exact) mass is 236 g/mol. The minimum absolute atomic E-state index is 0.205. The van der Waals surface area contributed by atoms with Crippen LogP contribution >= 0.6 is 0 Å². The molecule has 1 aromatic rings. The molecule has 0 aliphatic heterocycles. The average Bonchev–Trinajstić information content (AvgIpc) is 2.25. The number of nitrogens with two attached hydrogens (primary N) is 1. The quantitative estimate of drug-likeness (QED) is 0.740. The number of ether oxygens (including phenoxy) is 1. The second-order valence-electron chi connectivity index (χ2n) is 4.69. The van der Waals surface area contributed by atoms with Gasteiger partial charge in [0.2, 0.25) is 0 Å². The zero-order chi connectivity index (χ0) is 12.8. The van der Waals surface area contributed by atoms with E-state index in [2.05, 4.69) is 31.3 Å². The molecule has 1 atom stereocenters. The Labute approximate surface area is 104 Å². The van der Waals surface area contributed by atoms with Crippen LogP contribution in [0.25, 0.3) is 0 Å². The fraction of sp³-hybridized carbons (Fsp3) is 0.571. The summed E-state index contributed by atoms with van der Waals surface area (Å²) in [5.41, 5.74) is 9.52. The van der Waals surface area contributed by atoms with Crippen LogP contribution in [0.2, 0.25) is 0 Å². The van der Waals surface area contributed by atoms with Crippen LogP contribution in [0.3, 0.4) is 0 Å². The molecule has 3 N–H and O–H groups in total. The lowest BCUT2D eigenvalue weighted by atomic mass is 10.0. The molecule has 0 aliphatic rings. The smallest absolute Gasteiger partial charge is 0.122 e. The third-order valence-electron chi connectivity index (χ3n) is 2.81. The molecule has 96 valence electrons. The first-order chi connectivity index (χ1) is 8.04. The molecule has 0 fully saturated rings. The Kier molecular flexibility index (Phi) is 5.45. The fourth-order valence-electron chi connectivity index (χ4n) is 2.00. The molecule has 0 aliphatic carbocycles. The summed E-state index contributed by atoms with van der Waals surface area (Å²) >= 11 is 0. The van der Waals surface area contributed by atoms with E-state index in [0.29, 0.717) is 0 Å². The summed E-state index contributed by atoms with van der Waals surface area (Å²) in [6.45, 7) is 8.02. The molecule has 1 aromatic carbocycles. The molecule has 0 saturated carbocycles. The normalized spacial score (nSPS) is 12.5. The average molecular weight is 236 g/mol. The van der Waals surface area contributed by atoms with E-state index in [4.69, 9.17) is 10.5 Å². The first kappa shape index (κ1) is 14.0. The maximum Gasteiger partial charge on any atom is 0.122 e. The predicted octanol–water partition coefficient (Wildman–Crippen LogP) is 1.79. The van der Waals surface area contributed by atoms with Gasteiger partial charge in [-0.3, -0.25) is 0 Å². The van der Waals surface area contributed by atoms with E-state index in [1.165, 1.54) is 16.7 Å². The summed E-state index contributed by atoms with van der Waals surface area (Å²) < 4.78 is 5.43. The third kappa shape index (κ3) is 4.36. The van der Waals surface area contributed by atoms with Crippen molar-refractivity contribution < 1.29 is 4.74 Å². The minimum Gasteiger partial charge on any atom is -0.496 e. The number of nitrogens with one attached hydrogen (secondary N) is 1. The highest BCUT2D eigenvalue weighted by atomic mass is 16.5. The van der Waals surface area contributed by atoms with Gasteiger partial charge in [-0.15, -0.1) is 0 Å². The third-order valence-corrected chi connectivity index (χ3v) is 2.81. The van der Waals surface area contributed by atoms with Crippen molar-refractivity contribution in [3.05, 3.63) is 28.8 Å². The lowest BCUT2D eigenvalue weighted by Gasteiger charge is -2.14. The number of methoxy groups -OCH3 is 1. The Hall–Kier alpha value is -1.06. The molecular formula is C14H24N2O. The van der Waals surface area contributed by atoms with Crippen LogP contribution < -0.4 is 15.8 Å². The van der Waals surface area contributed by atoms with Gasteiger partial charge in [-0.1, -0.05) is 6.07 Å². The number of rotatable bonds is 6. The van der Waals surface area contributed by atoms with Crippen molar-refractivity contribution in [2.45, 2.75) is 33.2 Å². The van der Waals surface area contributed by atoms with Gasteiger partial charge in [0.15, 0.2) is 0 Å². The highest BCUT2D eigenvalue weighted by molar-refractivity contribution is 5.43. The van der Waals surface area contributed by atoms with Crippen LogP contribution in [0.5, 0.6) is 5.75 Å². The SMILES string of the molecule is COc1cc(C)cc(C)c1CCNCC(C)N. The second-order valence-corrected chi connectivity index (χ2v) is 4.69. The van der Waals surface area contributed by atoms with E-state index >= 15 is 0 Å². The lowest BCUT2D eigenvalue weighted by molar-refractivity contribution is 0.408. The van der Waals surface area contributed by atoms with E-state index in [9.17, 15) is 0 Å². The molecule has 3 heteroatoms. The zero-order valence-electron chi connectivity index (χ0n) is 11.3. The fourth-order valence-corrected chi connectivity index (χ4v) is 2.00.